The van der Waals surface area contributed by atoms with Crippen molar-refractivity contribution in [3.63, 3.8) is 0 Å². The van der Waals surface area contributed by atoms with Gasteiger partial charge in [-0.15, -0.1) is 0 Å². The van der Waals surface area contributed by atoms with Crippen molar-refractivity contribution in [3.05, 3.63) is 68.8 Å². The number of anilines is 1. The number of rotatable bonds is 3. The van der Waals surface area contributed by atoms with Crippen molar-refractivity contribution >= 4 is 44.6 Å². The summed E-state index contributed by atoms with van der Waals surface area (Å²) in [7, 11) is 1.54. The third-order valence-electron chi connectivity index (χ3n) is 3.26. The van der Waals surface area contributed by atoms with Crippen LogP contribution in [0.4, 0.5) is 14.5 Å². The molecule has 0 radical (unpaired) electrons. The van der Waals surface area contributed by atoms with E-state index in [1.54, 1.807) is 19.1 Å². The highest BCUT2D eigenvalue weighted by atomic mass is 79.9. The summed E-state index contributed by atoms with van der Waals surface area (Å²) in [5, 5.41) is 3.09. The molecule has 0 aliphatic heterocycles. The highest BCUT2D eigenvalue weighted by Gasteiger charge is 2.18. The van der Waals surface area contributed by atoms with Crippen LogP contribution in [0, 0.1) is 11.6 Å². The maximum absolute atomic E-state index is 14.0. The first kappa shape index (κ1) is 18.4. The van der Waals surface area contributed by atoms with Gasteiger partial charge in [-0.25, -0.2) is 8.78 Å². The number of halogens is 4. The monoisotopic (exact) mass is 413 g/mol. The van der Waals surface area contributed by atoms with Crippen LogP contribution in [0.2, 0.25) is 5.02 Å². The summed E-state index contributed by atoms with van der Waals surface area (Å²) in [6.07, 6.45) is 0. The molecule has 126 valence electrons. The number of hydrogen-bond acceptors (Lipinski definition) is 2. The molecule has 7 heteroatoms. The van der Waals surface area contributed by atoms with Crippen LogP contribution in [-0.4, -0.2) is 12.9 Å². The number of benzene rings is 2. The smallest absolute Gasteiger partial charge is 0.148 e. The van der Waals surface area contributed by atoms with Crippen molar-refractivity contribution in [2.45, 2.75) is 6.92 Å². The summed E-state index contributed by atoms with van der Waals surface area (Å²) in [5.74, 6) is -0.593. The van der Waals surface area contributed by atoms with Crippen LogP contribution in [0.3, 0.4) is 0 Å². The number of hydrogen-bond donors (Lipinski definition) is 2. The van der Waals surface area contributed by atoms with E-state index >= 15 is 0 Å². The molecule has 2 aromatic rings. The topological polar surface area (TPSA) is 50.4 Å². The summed E-state index contributed by atoms with van der Waals surface area (Å²) in [6.45, 7) is 1.68. The zero-order valence-corrected chi connectivity index (χ0v) is 15.3. The van der Waals surface area contributed by atoms with E-state index in [1.165, 1.54) is 31.3 Å². The normalized spacial score (nSPS) is 12.8. The lowest BCUT2D eigenvalue weighted by molar-refractivity contribution is 0.627. The van der Waals surface area contributed by atoms with Gasteiger partial charge in [-0.1, -0.05) is 39.7 Å². The first-order chi connectivity index (χ1) is 11.3. The second kappa shape index (κ2) is 7.77. The molecule has 3 nitrogen and oxygen atoms in total. The molecule has 0 aliphatic rings. The van der Waals surface area contributed by atoms with Crippen molar-refractivity contribution in [1.82, 2.24) is 0 Å². The van der Waals surface area contributed by atoms with Crippen LogP contribution < -0.4 is 11.1 Å². The van der Waals surface area contributed by atoms with Gasteiger partial charge in [0.1, 0.15) is 17.5 Å². The lowest BCUT2D eigenvalue weighted by atomic mass is 10.0. The largest absolute Gasteiger partial charge is 0.402 e. The Kier molecular flexibility index (Phi) is 5.96. The lowest BCUT2D eigenvalue weighted by Crippen LogP contribution is -2.19. The molecule has 0 heterocycles. The van der Waals surface area contributed by atoms with Crippen LogP contribution in [-0.2, 0) is 0 Å². The van der Waals surface area contributed by atoms with Gasteiger partial charge in [0.05, 0.1) is 10.7 Å². The molecule has 0 amide bonds. The summed E-state index contributed by atoms with van der Waals surface area (Å²) in [6, 6.07) is 8.56. The Bertz CT molecular complexity index is 810. The number of allylic oxidation sites excluding steroid dienone is 1. The summed E-state index contributed by atoms with van der Waals surface area (Å²) >= 11 is 9.36. The van der Waals surface area contributed by atoms with Crippen molar-refractivity contribution in [1.29, 1.82) is 0 Å². The van der Waals surface area contributed by atoms with E-state index in [4.69, 9.17) is 17.3 Å². The minimum absolute atomic E-state index is 0.0942. The summed E-state index contributed by atoms with van der Waals surface area (Å²) < 4.78 is 27.9. The Balaban J connectivity index is 2.52. The van der Waals surface area contributed by atoms with Crippen LogP contribution in [0.25, 0.3) is 5.57 Å². The van der Waals surface area contributed by atoms with Gasteiger partial charge in [0.25, 0.3) is 0 Å². The highest BCUT2D eigenvalue weighted by Crippen LogP contribution is 2.30. The fourth-order valence-electron chi connectivity index (χ4n) is 2.18. The number of nitrogens with one attached hydrogen (secondary N) is 1. The molecule has 0 bridgehead atoms. The molecule has 0 unspecified atom stereocenters. The summed E-state index contributed by atoms with van der Waals surface area (Å²) in [5.41, 5.74) is 7.67. The van der Waals surface area contributed by atoms with E-state index in [0.717, 1.165) is 0 Å². The van der Waals surface area contributed by atoms with Gasteiger partial charge in [-0.3, -0.25) is 4.99 Å². The third kappa shape index (κ3) is 3.94. The zero-order chi connectivity index (χ0) is 17.9. The maximum atomic E-state index is 14.0. The van der Waals surface area contributed by atoms with Gasteiger partial charge in [-0.05, 0) is 31.2 Å². The van der Waals surface area contributed by atoms with Crippen LogP contribution in [0.15, 0.2) is 51.6 Å². The molecule has 2 aromatic carbocycles. The molecule has 0 saturated heterocycles. The first-order valence-electron chi connectivity index (χ1n) is 6.95. The lowest BCUT2D eigenvalue weighted by Gasteiger charge is -2.17. The molecule has 2 rings (SSSR count). The van der Waals surface area contributed by atoms with Gasteiger partial charge in [0.2, 0.25) is 0 Å². The number of para-hydroxylation sites is 1. The van der Waals surface area contributed by atoms with Gasteiger partial charge >= 0.3 is 0 Å². The molecule has 0 aromatic heterocycles. The average molecular weight is 415 g/mol. The van der Waals surface area contributed by atoms with Crippen LogP contribution in [0.5, 0.6) is 0 Å². The van der Waals surface area contributed by atoms with Crippen molar-refractivity contribution in [2.24, 2.45) is 10.7 Å². The van der Waals surface area contributed by atoms with E-state index in [2.05, 4.69) is 26.2 Å². The Morgan fingerprint density at radius 3 is 2.50 bits per heavy atom. The van der Waals surface area contributed by atoms with E-state index in [0.29, 0.717) is 27.1 Å². The average Bonchev–Trinajstić information content (AvgIpc) is 2.51. The second-order valence-corrected chi connectivity index (χ2v) is 6.24. The van der Waals surface area contributed by atoms with Gasteiger partial charge in [-0.2, -0.15) is 0 Å². The molecule has 0 atom stereocenters. The zero-order valence-electron chi connectivity index (χ0n) is 13.0. The second-order valence-electron chi connectivity index (χ2n) is 4.98. The Hall–Kier alpha value is -1.92. The van der Waals surface area contributed by atoms with Crippen molar-refractivity contribution < 1.29 is 8.78 Å². The Morgan fingerprint density at radius 1 is 1.25 bits per heavy atom. The first-order valence-corrected chi connectivity index (χ1v) is 8.12. The summed E-state index contributed by atoms with van der Waals surface area (Å²) in [4.78, 5) is 4.15. The van der Waals surface area contributed by atoms with Crippen molar-refractivity contribution in [3.8, 4) is 0 Å². The molecule has 0 fully saturated rings. The minimum atomic E-state index is -0.518. The molecular weight excluding hydrogens is 400 g/mol. The highest BCUT2D eigenvalue weighted by molar-refractivity contribution is 9.10. The Labute approximate surface area is 152 Å². The molecule has 0 saturated carbocycles. The van der Waals surface area contributed by atoms with E-state index in [9.17, 15) is 8.78 Å². The maximum Gasteiger partial charge on any atom is 0.148 e. The fourth-order valence-corrected chi connectivity index (χ4v) is 2.94. The van der Waals surface area contributed by atoms with E-state index in [-0.39, 0.29) is 16.5 Å². The van der Waals surface area contributed by atoms with Gasteiger partial charge < -0.3 is 11.1 Å². The van der Waals surface area contributed by atoms with Crippen LogP contribution in [0.1, 0.15) is 12.5 Å². The quantitative estimate of drug-likeness (QED) is 0.535. The van der Waals surface area contributed by atoms with E-state index in [1.807, 2.05) is 0 Å². The predicted octanol–water partition coefficient (Wildman–Crippen LogP) is 5.21. The minimum Gasteiger partial charge on any atom is -0.402 e. The number of nitrogens with two attached hydrogens (primary N) is 1. The van der Waals surface area contributed by atoms with Crippen molar-refractivity contribution in [2.75, 3.05) is 12.4 Å². The SMILES string of the molecule is CN=C(Nc1c(F)cccc1Cl)C(=C(C)N)c1ccc(F)cc1Br. The predicted molar refractivity (Wildman–Crippen MR) is 99.3 cm³/mol. The van der Waals surface area contributed by atoms with Gasteiger partial charge in [0, 0.05) is 28.4 Å². The van der Waals surface area contributed by atoms with E-state index < -0.39 is 5.82 Å². The van der Waals surface area contributed by atoms with Crippen LogP contribution >= 0.6 is 27.5 Å². The molecule has 3 N–H and O–H groups in total. The molecule has 0 spiro atoms. The molecule has 24 heavy (non-hydrogen) atoms. The number of nitrogens with zero attached hydrogens (tertiary/aromatic N) is 1. The molecule has 0 aliphatic carbocycles. The fraction of sp³-hybridized carbons (Fsp3) is 0.118. The number of aliphatic imine (C=N–C) groups is 1. The Morgan fingerprint density at radius 2 is 1.96 bits per heavy atom. The number of amidine groups is 1. The molecular formula is C17H15BrClF2N3. The third-order valence-corrected chi connectivity index (χ3v) is 4.23. The van der Waals surface area contributed by atoms with Gasteiger partial charge in [0.15, 0.2) is 0 Å². The standard InChI is InChI=1S/C17H15BrClF2N3/c1-9(22)15(11-7-6-10(20)8-12(11)18)17(23-2)24-16-13(19)4-3-5-14(16)21/h3-8H,22H2,1-2H3,(H,23,24).